The number of rotatable bonds is 12. The van der Waals surface area contributed by atoms with Gasteiger partial charge in [0.1, 0.15) is 11.6 Å². The van der Waals surface area contributed by atoms with Crippen molar-refractivity contribution in [1.29, 1.82) is 0 Å². The molecule has 3 aromatic carbocycles. The number of fused-ring (bicyclic) bond motifs is 1. The van der Waals surface area contributed by atoms with Crippen molar-refractivity contribution in [3.8, 4) is 0 Å². The summed E-state index contributed by atoms with van der Waals surface area (Å²) < 4.78 is 43.8. The highest BCUT2D eigenvalue weighted by Crippen LogP contribution is 2.48. The number of esters is 1. The Morgan fingerprint density at radius 1 is 0.922 bits per heavy atom. The summed E-state index contributed by atoms with van der Waals surface area (Å²) in [6.45, 7) is 16.3. The van der Waals surface area contributed by atoms with Gasteiger partial charge in [0.15, 0.2) is 8.32 Å². The molecule has 4 aromatic rings. The lowest BCUT2D eigenvalue weighted by molar-refractivity contribution is -0.148. The van der Waals surface area contributed by atoms with Gasteiger partial charge < -0.3 is 14.1 Å². The monoisotopic (exact) mass is 748 g/mol. The Morgan fingerprint density at radius 2 is 1.57 bits per heavy atom. The molecule has 1 aliphatic rings. The SMILES string of the molecule is CC(C)(C)OC(=O)C=CC(=O)N(CC1CC1)[C@H](c1cc2ccccc2n1S(=O)(=O)c1ccccc1)[C@@H](O[Si](C)(C)C(C)(C)C)c1cccc(Cl)c1. The zero-order chi connectivity index (χ0) is 37.4. The van der Waals surface area contributed by atoms with E-state index in [0.717, 1.165) is 18.9 Å². The standard InChI is InChI=1S/C40H49ClN2O6SSi/c1-39(2,3)48-36(45)24-23-35(44)42(27-28-21-22-28)37(38(30-16-14-17-31(41)25-30)49-51(7,8)40(4,5)6)34-26-29-15-12-13-20-33(29)43(34)50(46,47)32-18-10-9-11-19-32/h9-20,23-26,28,37-38H,21-22,27H2,1-8H3/t37-,38+/m1/s1. The summed E-state index contributed by atoms with van der Waals surface area (Å²) in [5.74, 6) is -0.913. The van der Waals surface area contributed by atoms with Crippen LogP contribution in [0.3, 0.4) is 0 Å². The highest BCUT2D eigenvalue weighted by molar-refractivity contribution is 7.90. The van der Waals surface area contributed by atoms with E-state index in [9.17, 15) is 18.0 Å². The molecule has 0 saturated heterocycles. The second-order valence-corrected chi connectivity index (χ2v) is 22.8. The maximum atomic E-state index is 14.8. The van der Waals surface area contributed by atoms with Gasteiger partial charge in [-0.1, -0.05) is 80.9 Å². The van der Waals surface area contributed by atoms with Gasteiger partial charge in [0.2, 0.25) is 5.91 Å². The molecular weight excluding hydrogens is 700 g/mol. The van der Waals surface area contributed by atoms with E-state index in [1.165, 1.54) is 10.0 Å². The fourth-order valence-electron chi connectivity index (χ4n) is 5.78. The van der Waals surface area contributed by atoms with Crippen molar-refractivity contribution < 1.29 is 27.2 Å². The van der Waals surface area contributed by atoms with E-state index < -0.39 is 48.0 Å². The van der Waals surface area contributed by atoms with Crippen LogP contribution in [-0.2, 0) is 28.8 Å². The van der Waals surface area contributed by atoms with Gasteiger partial charge >= 0.3 is 5.97 Å². The molecule has 1 aromatic heterocycles. The van der Waals surface area contributed by atoms with Crippen molar-refractivity contribution in [2.75, 3.05) is 6.54 Å². The van der Waals surface area contributed by atoms with E-state index in [-0.39, 0.29) is 15.9 Å². The number of para-hydroxylation sites is 1. The largest absolute Gasteiger partial charge is 0.457 e. The summed E-state index contributed by atoms with van der Waals surface area (Å²) in [5, 5.41) is 0.939. The van der Waals surface area contributed by atoms with Crippen LogP contribution < -0.4 is 0 Å². The number of hydrogen-bond acceptors (Lipinski definition) is 6. The minimum atomic E-state index is -4.20. The number of amides is 1. The maximum Gasteiger partial charge on any atom is 0.331 e. The molecule has 1 fully saturated rings. The Bertz CT molecular complexity index is 2020. The molecule has 0 N–H and O–H groups in total. The number of halogens is 1. The van der Waals surface area contributed by atoms with Crippen molar-refractivity contribution in [2.45, 2.75) is 95.2 Å². The molecule has 1 saturated carbocycles. The number of nitrogens with zero attached hydrogens (tertiary/aromatic N) is 2. The Hall–Kier alpha value is -3.70. The lowest BCUT2D eigenvalue weighted by Crippen LogP contribution is -2.47. The zero-order valence-corrected chi connectivity index (χ0v) is 33.3. The molecule has 0 bridgehead atoms. The molecule has 1 aliphatic carbocycles. The minimum absolute atomic E-state index is 0.112. The third kappa shape index (κ3) is 9.03. The van der Waals surface area contributed by atoms with E-state index in [4.69, 9.17) is 20.8 Å². The average Bonchev–Trinajstić information content (AvgIpc) is 3.78. The van der Waals surface area contributed by atoms with E-state index in [2.05, 4.69) is 33.9 Å². The minimum Gasteiger partial charge on any atom is -0.457 e. The Balaban J connectivity index is 1.83. The normalized spacial score (nSPS) is 15.5. The van der Waals surface area contributed by atoms with Crippen molar-refractivity contribution in [3.05, 3.63) is 113 Å². The second kappa shape index (κ2) is 14.7. The van der Waals surface area contributed by atoms with Crippen LogP contribution in [0.4, 0.5) is 0 Å². The summed E-state index contributed by atoms with van der Waals surface area (Å²) in [5.41, 5.74) is 0.795. The van der Waals surface area contributed by atoms with Crippen LogP contribution in [0.2, 0.25) is 23.2 Å². The van der Waals surface area contributed by atoms with Gasteiger partial charge in [-0.2, -0.15) is 0 Å². The number of carbonyl (C=O) groups is 2. The van der Waals surface area contributed by atoms with E-state index in [1.54, 1.807) is 74.2 Å². The van der Waals surface area contributed by atoms with Crippen LogP contribution in [0.15, 0.2) is 102 Å². The van der Waals surface area contributed by atoms with Crippen LogP contribution >= 0.6 is 11.6 Å². The number of aromatic nitrogens is 1. The van der Waals surface area contributed by atoms with Crippen molar-refractivity contribution in [2.24, 2.45) is 5.92 Å². The van der Waals surface area contributed by atoms with Crippen LogP contribution in [0.1, 0.15) is 77.8 Å². The average molecular weight is 749 g/mol. The first-order valence-electron chi connectivity index (χ1n) is 17.3. The lowest BCUT2D eigenvalue weighted by Gasteiger charge is -2.44. The smallest absolute Gasteiger partial charge is 0.331 e. The zero-order valence-electron chi connectivity index (χ0n) is 30.7. The van der Waals surface area contributed by atoms with Crippen LogP contribution in [0.5, 0.6) is 0 Å². The fraction of sp³-hybridized carbons (Fsp3) is 0.400. The summed E-state index contributed by atoms with van der Waals surface area (Å²) in [4.78, 5) is 29.2. The lowest BCUT2D eigenvalue weighted by atomic mass is 9.97. The number of carbonyl (C=O) groups excluding carboxylic acids is 2. The van der Waals surface area contributed by atoms with Crippen LogP contribution in [0, 0.1) is 5.92 Å². The fourth-order valence-corrected chi connectivity index (χ4v) is 8.81. The van der Waals surface area contributed by atoms with Gasteiger partial charge in [-0.3, -0.25) is 4.79 Å². The summed E-state index contributed by atoms with van der Waals surface area (Å²) in [6, 6.07) is 23.8. The van der Waals surface area contributed by atoms with Crippen LogP contribution in [-0.4, -0.2) is 49.6 Å². The molecule has 0 unspecified atom stereocenters. The molecule has 51 heavy (non-hydrogen) atoms. The van der Waals surface area contributed by atoms with Crippen LogP contribution in [0.25, 0.3) is 10.9 Å². The molecule has 11 heteroatoms. The molecule has 0 aliphatic heterocycles. The first kappa shape index (κ1) is 38.5. The summed E-state index contributed by atoms with van der Waals surface area (Å²) >= 11 is 6.63. The Morgan fingerprint density at radius 3 is 2.18 bits per heavy atom. The molecule has 0 radical (unpaired) electrons. The number of hydrogen-bond donors (Lipinski definition) is 0. The van der Waals surface area contributed by atoms with E-state index in [0.29, 0.717) is 33.7 Å². The van der Waals surface area contributed by atoms with Gasteiger partial charge in [-0.15, -0.1) is 0 Å². The molecule has 272 valence electrons. The predicted molar refractivity (Wildman–Crippen MR) is 206 cm³/mol. The molecule has 5 rings (SSSR count). The van der Waals surface area contributed by atoms with Crippen molar-refractivity contribution >= 4 is 52.7 Å². The van der Waals surface area contributed by atoms with E-state index in [1.807, 2.05) is 36.4 Å². The topological polar surface area (TPSA) is 94.9 Å². The van der Waals surface area contributed by atoms with Gasteiger partial charge in [-0.05, 0) is 99.6 Å². The van der Waals surface area contributed by atoms with Crippen molar-refractivity contribution in [1.82, 2.24) is 8.87 Å². The summed E-state index contributed by atoms with van der Waals surface area (Å²) in [7, 11) is -6.83. The highest BCUT2D eigenvalue weighted by atomic mass is 35.5. The van der Waals surface area contributed by atoms with E-state index >= 15 is 0 Å². The molecular formula is C40H49ClN2O6SSi. The molecule has 0 spiro atoms. The molecule has 1 heterocycles. The first-order chi connectivity index (χ1) is 23.8. The first-order valence-corrected chi connectivity index (χ1v) is 22.1. The Kier molecular flexibility index (Phi) is 11.1. The van der Waals surface area contributed by atoms with Gasteiger partial charge in [-0.25, -0.2) is 17.2 Å². The molecule has 2 atom stereocenters. The van der Waals surface area contributed by atoms with Gasteiger partial charge in [0, 0.05) is 29.1 Å². The quantitative estimate of drug-likeness (QED) is 0.0814. The third-order valence-electron chi connectivity index (χ3n) is 9.51. The third-order valence-corrected chi connectivity index (χ3v) is 16.0. The number of benzene rings is 3. The van der Waals surface area contributed by atoms with Gasteiger partial charge in [0.25, 0.3) is 10.0 Å². The predicted octanol–water partition coefficient (Wildman–Crippen LogP) is 9.47. The molecule has 8 nitrogen and oxygen atoms in total. The maximum absolute atomic E-state index is 14.8. The Labute approximate surface area is 308 Å². The van der Waals surface area contributed by atoms with Crippen molar-refractivity contribution in [3.63, 3.8) is 0 Å². The summed E-state index contributed by atoms with van der Waals surface area (Å²) in [6.07, 6.45) is 3.37. The second-order valence-electron chi connectivity index (χ2n) is 15.8. The number of ether oxygens (including phenoxy) is 1. The molecule has 1 amide bonds. The van der Waals surface area contributed by atoms with Gasteiger partial charge in [0.05, 0.1) is 22.2 Å². The highest BCUT2D eigenvalue weighted by Gasteiger charge is 2.46.